The van der Waals surface area contributed by atoms with Gasteiger partial charge in [0.05, 0.1) is 4.90 Å². The number of sulfone groups is 1. The van der Waals surface area contributed by atoms with Gasteiger partial charge < -0.3 is 5.32 Å². The summed E-state index contributed by atoms with van der Waals surface area (Å²) in [4.78, 5) is 2.96. The summed E-state index contributed by atoms with van der Waals surface area (Å²) in [5.74, 6) is 0. The van der Waals surface area contributed by atoms with Crippen LogP contribution in [0.15, 0.2) is 35.2 Å². The monoisotopic (exact) mass is 309 g/mol. The van der Waals surface area contributed by atoms with Crippen molar-refractivity contribution in [3.63, 3.8) is 0 Å². The van der Waals surface area contributed by atoms with E-state index in [1.165, 1.54) is 21.6 Å². The van der Waals surface area contributed by atoms with Crippen LogP contribution >= 0.6 is 11.3 Å². The minimum absolute atomic E-state index is 0.198. The van der Waals surface area contributed by atoms with Gasteiger partial charge in [0, 0.05) is 27.7 Å². The fourth-order valence-electron chi connectivity index (χ4n) is 2.21. The molecule has 1 atom stereocenters. The molecule has 0 saturated carbocycles. The molecule has 108 valence electrons. The third-order valence-electron chi connectivity index (χ3n) is 3.21. The van der Waals surface area contributed by atoms with Gasteiger partial charge in [0.1, 0.15) is 0 Å². The molecule has 0 bridgehead atoms. The summed E-state index contributed by atoms with van der Waals surface area (Å²) in [5, 5.41) is 3.40. The largest absolute Gasteiger partial charge is 0.378 e. The summed E-state index contributed by atoms with van der Waals surface area (Å²) in [7, 11) is -3.13. The predicted molar refractivity (Wildman–Crippen MR) is 85.4 cm³/mol. The lowest BCUT2D eigenvalue weighted by Gasteiger charge is -2.15. The van der Waals surface area contributed by atoms with E-state index in [1.54, 1.807) is 35.6 Å². The van der Waals surface area contributed by atoms with Crippen molar-refractivity contribution >= 4 is 26.9 Å². The molecule has 2 rings (SSSR count). The van der Waals surface area contributed by atoms with Crippen LogP contribution in [0.5, 0.6) is 0 Å². The van der Waals surface area contributed by atoms with Gasteiger partial charge in [0.2, 0.25) is 0 Å². The van der Waals surface area contributed by atoms with Crippen molar-refractivity contribution in [3.05, 3.63) is 45.6 Å². The second-order valence-electron chi connectivity index (χ2n) is 5.03. The van der Waals surface area contributed by atoms with Crippen LogP contribution in [0.2, 0.25) is 0 Å². The first-order chi connectivity index (χ1) is 9.27. The zero-order valence-electron chi connectivity index (χ0n) is 12.1. The number of hydrogen-bond donors (Lipinski definition) is 1. The fraction of sp³-hybridized carbons (Fsp3) is 0.333. The van der Waals surface area contributed by atoms with E-state index >= 15 is 0 Å². The third-order valence-corrected chi connectivity index (χ3v) is 5.32. The van der Waals surface area contributed by atoms with Gasteiger partial charge in [0.15, 0.2) is 9.84 Å². The molecule has 1 heterocycles. The average Bonchev–Trinajstić information content (AvgIpc) is 2.68. The van der Waals surface area contributed by atoms with E-state index in [-0.39, 0.29) is 6.04 Å². The van der Waals surface area contributed by atoms with Gasteiger partial charge in [-0.05, 0) is 56.7 Å². The molecule has 0 fully saturated rings. The van der Waals surface area contributed by atoms with Crippen LogP contribution in [0, 0.1) is 13.8 Å². The first kappa shape index (κ1) is 15.1. The van der Waals surface area contributed by atoms with Crippen molar-refractivity contribution in [2.24, 2.45) is 0 Å². The fourth-order valence-corrected chi connectivity index (χ4v) is 3.86. The molecular weight excluding hydrogens is 290 g/mol. The van der Waals surface area contributed by atoms with Crippen LogP contribution < -0.4 is 5.32 Å². The van der Waals surface area contributed by atoms with Gasteiger partial charge in [-0.3, -0.25) is 0 Å². The minimum Gasteiger partial charge on any atom is -0.378 e. The second-order valence-corrected chi connectivity index (χ2v) is 8.51. The van der Waals surface area contributed by atoms with Gasteiger partial charge in [-0.25, -0.2) is 8.42 Å². The molecule has 5 heteroatoms. The van der Waals surface area contributed by atoms with Gasteiger partial charge in [0.25, 0.3) is 0 Å². The molecule has 0 spiro atoms. The van der Waals surface area contributed by atoms with Crippen LogP contribution in [-0.4, -0.2) is 14.7 Å². The SMILES string of the molecule is Cc1cc(C(C)Nc2ccc(S(C)(=O)=O)cc2)c(C)s1. The number of hydrogen-bond acceptors (Lipinski definition) is 4. The zero-order valence-corrected chi connectivity index (χ0v) is 13.7. The minimum atomic E-state index is -3.13. The average molecular weight is 309 g/mol. The summed E-state index contributed by atoms with van der Waals surface area (Å²) in [6.07, 6.45) is 1.22. The molecule has 20 heavy (non-hydrogen) atoms. The standard InChI is InChI=1S/C15H19NO2S2/c1-10-9-15(12(3)19-10)11(2)16-13-5-7-14(8-6-13)20(4,17)18/h5-9,11,16H,1-4H3. The highest BCUT2D eigenvalue weighted by atomic mass is 32.2. The van der Waals surface area contributed by atoms with Crippen molar-refractivity contribution in [1.29, 1.82) is 0 Å². The molecule has 0 amide bonds. The number of aryl methyl sites for hydroxylation is 2. The summed E-state index contributed by atoms with van der Waals surface area (Å²) < 4.78 is 22.8. The lowest BCUT2D eigenvalue weighted by Crippen LogP contribution is -2.07. The second kappa shape index (κ2) is 5.58. The molecule has 0 saturated heterocycles. The van der Waals surface area contributed by atoms with Crippen LogP contribution in [0.25, 0.3) is 0 Å². The van der Waals surface area contributed by atoms with E-state index in [0.717, 1.165) is 5.69 Å². The molecule has 0 aliphatic carbocycles. The summed E-state index contributed by atoms with van der Waals surface area (Å²) >= 11 is 1.79. The number of anilines is 1. The number of thiophene rings is 1. The van der Waals surface area contributed by atoms with E-state index in [4.69, 9.17) is 0 Å². The molecule has 1 unspecified atom stereocenters. The first-order valence-corrected chi connectivity index (χ1v) is 9.12. The van der Waals surface area contributed by atoms with Crippen molar-refractivity contribution < 1.29 is 8.42 Å². The maximum absolute atomic E-state index is 11.4. The van der Waals surface area contributed by atoms with E-state index in [9.17, 15) is 8.42 Å². The molecular formula is C15H19NO2S2. The molecule has 0 aliphatic rings. The van der Waals surface area contributed by atoms with Crippen molar-refractivity contribution in [2.75, 3.05) is 11.6 Å². The van der Waals surface area contributed by atoms with E-state index in [0.29, 0.717) is 4.90 Å². The Morgan fingerprint density at radius 1 is 1.15 bits per heavy atom. The van der Waals surface area contributed by atoms with Crippen LogP contribution in [0.1, 0.15) is 28.3 Å². The maximum Gasteiger partial charge on any atom is 0.175 e. The molecule has 3 nitrogen and oxygen atoms in total. The van der Waals surface area contributed by atoms with Crippen LogP contribution in [-0.2, 0) is 9.84 Å². The van der Waals surface area contributed by atoms with Gasteiger partial charge >= 0.3 is 0 Å². The van der Waals surface area contributed by atoms with Crippen molar-refractivity contribution in [1.82, 2.24) is 0 Å². The van der Waals surface area contributed by atoms with Crippen molar-refractivity contribution in [3.8, 4) is 0 Å². The molecule has 1 N–H and O–H groups in total. The predicted octanol–water partition coefficient (Wildman–Crippen LogP) is 3.94. The zero-order chi connectivity index (χ0) is 14.9. The Hall–Kier alpha value is -1.33. The third kappa shape index (κ3) is 3.41. The molecule has 1 aromatic heterocycles. The highest BCUT2D eigenvalue weighted by molar-refractivity contribution is 7.90. The van der Waals surface area contributed by atoms with E-state index in [2.05, 4.69) is 32.2 Å². The Labute approximate surface area is 124 Å². The smallest absolute Gasteiger partial charge is 0.175 e. The Morgan fingerprint density at radius 2 is 1.75 bits per heavy atom. The van der Waals surface area contributed by atoms with E-state index < -0.39 is 9.84 Å². The van der Waals surface area contributed by atoms with Crippen LogP contribution in [0.4, 0.5) is 5.69 Å². The van der Waals surface area contributed by atoms with Gasteiger partial charge in [-0.1, -0.05) is 0 Å². The van der Waals surface area contributed by atoms with Gasteiger partial charge in [-0.15, -0.1) is 11.3 Å². The number of benzene rings is 1. The van der Waals surface area contributed by atoms with Gasteiger partial charge in [-0.2, -0.15) is 0 Å². The maximum atomic E-state index is 11.4. The lowest BCUT2D eigenvalue weighted by atomic mass is 10.1. The first-order valence-electron chi connectivity index (χ1n) is 6.41. The molecule has 0 radical (unpaired) electrons. The molecule has 2 aromatic rings. The quantitative estimate of drug-likeness (QED) is 0.930. The highest BCUT2D eigenvalue weighted by Crippen LogP contribution is 2.28. The summed E-state index contributed by atoms with van der Waals surface area (Å²) in [5.41, 5.74) is 2.22. The Kier molecular flexibility index (Phi) is 4.20. The van der Waals surface area contributed by atoms with Crippen LogP contribution in [0.3, 0.4) is 0 Å². The topological polar surface area (TPSA) is 46.2 Å². The van der Waals surface area contributed by atoms with Crippen molar-refractivity contribution in [2.45, 2.75) is 31.7 Å². The summed E-state index contributed by atoms with van der Waals surface area (Å²) in [6.45, 7) is 6.34. The Balaban J connectivity index is 2.16. The Morgan fingerprint density at radius 3 is 2.20 bits per heavy atom. The summed E-state index contributed by atoms with van der Waals surface area (Å²) in [6, 6.07) is 9.28. The molecule has 0 aliphatic heterocycles. The highest BCUT2D eigenvalue weighted by Gasteiger charge is 2.12. The number of nitrogens with one attached hydrogen (secondary N) is 1. The lowest BCUT2D eigenvalue weighted by molar-refractivity contribution is 0.602. The Bertz CT molecular complexity index is 700. The normalized spacial score (nSPS) is 13.2. The molecule has 1 aromatic carbocycles. The number of rotatable bonds is 4. The van der Waals surface area contributed by atoms with E-state index in [1.807, 2.05) is 0 Å².